The van der Waals surface area contributed by atoms with E-state index in [1.165, 1.54) is 12.5 Å². The molecule has 0 heterocycles. The summed E-state index contributed by atoms with van der Waals surface area (Å²) in [7, 11) is 0. The number of hydrogen-bond donors (Lipinski definition) is 1. The molecule has 1 rings (SSSR count). The van der Waals surface area contributed by atoms with Crippen LogP contribution >= 0.6 is 0 Å². The molecule has 0 radical (unpaired) electrons. The lowest BCUT2D eigenvalue weighted by Gasteiger charge is -2.03. The van der Waals surface area contributed by atoms with Gasteiger partial charge in [0, 0.05) is 13.5 Å². The van der Waals surface area contributed by atoms with Gasteiger partial charge in [0.15, 0.2) is 0 Å². The van der Waals surface area contributed by atoms with Gasteiger partial charge in [-0.2, -0.15) is 23.8 Å². The SMILES string of the molecule is CC(=O)NCCc1cc[cH-]c1. The van der Waals surface area contributed by atoms with E-state index in [0.29, 0.717) is 0 Å². The summed E-state index contributed by atoms with van der Waals surface area (Å²) in [5.74, 6) is 0.0385. The summed E-state index contributed by atoms with van der Waals surface area (Å²) in [6.45, 7) is 2.27. The molecule has 0 unspecified atom stereocenters. The maximum Gasteiger partial charge on any atom is 0.216 e. The Morgan fingerprint density at radius 1 is 1.73 bits per heavy atom. The Balaban J connectivity index is 2.19. The molecule has 11 heavy (non-hydrogen) atoms. The molecular weight excluding hydrogens is 138 g/mol. The van der Waals surface area contributed by atoms with E-state index in [9.17, 15) is 4.79 Å². The maximum atomic E-state index is 10.5. The molecule has 60 valence electrons. The first-order valence-corrected chi connectivity index (χ1v) is 3.74. The minimum absolute atomic E-state index is 0.0385. The van der Waals surface area contributed by atoms with Crippen molar-refractivity contribution in [1.82, 2.24) is 5.32 Å². The normalized spacial score (nSPS) is 9.55. The molecule has 1 aromatic rings. The summed E-state index contributed by atoms with van der Waals surface area (Å²) in [5, 5.41) is 2.74. The maximum absolute atomic E-state index is 10.5. The Bertz CT molecular complexity index is 213. The number of nitrogens with one attached hydrogen (secondary N) is 1. The van der Waals surface area contributed by atoms with Crippen LogP contribution in [-0.4, -0.2) is 12.5 Å². The molecule has 1 N–H and O–H groups in total. The molecule has 1 amide bonds. The third-order valence-electron chi connectivity index (χ3n) is 1.52. The van der Waals surface area contributed by atoms with Gasteiger partial charge in [-0.15, -0.1) is 0 Å². The Hall–Kier alpha value is -1.18. The molecule has 0 aliphatic heterocycles. The van der Waals surface area contributed by atoms with E-state index in [2.05, 4.69) is 17.4 Å². The zero-order valence-corrected chi connectivity index (χ0v) is 6.63. The van der Waals surface area contributed by atoms with Crippen molar-refractivity contribution in [2.75, 3.05) is 6.54 Å². The second-order valence-corrected chi connectivity index (χ2v) is 2.53. The predicted molar refractivity (Wildman–Crippen MR) is 44.4 cm³/mol. The van der Waals surface area contributed by atoms with Crippen molar-refractivity contribution >= 4 is 5.91 Å². The molecule has 0 fully saturated rings. The van der Waals surface area contributed by atoms with Crippen molar-refractivity contribution < 1.29 is 4.79 Å². The predicted octanol–water partition coefficient (Wildman–Crippen LogP) is 1.08. The highest BCUT2D eigenvalue weighted by atomic mass is 16.1. The lowest BCUT2D eigenvalue weighted by Crippen LogP contribution is -2.22. The highest BCUT2D eigenvalue weighted by Crippen LogP contribution is 1.99. The standard InChI is InChI=1S/C9H12NO/c1-8(11)10-7-6-9-4-2-3-5-9/h2-5H,6-7H2,1H3,(H,10,11)/q-1. The third-order valence-corrected chi connectivity index (χ3v) is 1.52. The second-order valence-electron chi connectivity index (χ2n) is 2.53. The van der Waals surface area contributed by atoms with Gasteiger partial charge < -0.3 is 5.32 Å². The van der Waals surface area contributed by atoms with Crippen molar-refractivity contribution in [3.63, 3.8) is 0 Å². The number of amides is 1. The van der Waals surface area contributed by atoms with Gasteiger partial charge in [0.05, 0.1) is 0 Å². The van der Waals surface area contributed by atoms with Crippen LogP contribution in [0.5, 0.6) is 0 Å². The van der Waals surface area contributed by atoms with E-state index in [1.807, 2.05) is 12.1 Å². The van der Waals surface area contributed by atoms with Gasteiger partial charge in [-0.05, 0) is 0 Å². The van der Waals surface area contributed by atoms with E-state index in [-0.39, 0.29) is 5.91 Å². The number of carbonyl (C=O) groups excluding carboxylic acids is 1. The van der Waals surface area contributed by atoms with E-state index >= 15 is 0 Å². The second kappa shape index (κ2) is 3.86. The van der Waals surface area contributed by atoms with Crippen LogP contribution in [0.1, 0.15) is 12.5 Å². The fourth-order valence-corrected chi connectivity index (χ4v) is 0.963. The third kappa shape index (κ3) is 2.94. The largest absolute Gasteiger partial charge is 0.357 e. The Labute approximate surface area is 66.6 Å². The topological polar surface area (TPSA) is 29.1 Å². The Kier molecular flexibility index (Phi) is 2.78. The van der Waals surface area contributed by atoms with Crippen molar-refractivity contribution in [3.8, 4) is 0 Å². The molecule has 1 aromatic carbocycles. The summed E-state index contributed by atoms with van der Waals surface area (Å²) in [6.07, 6.45) is 0.923. The number of rotatable bonds is 3. The molecule has 0 saturated heterocycles. The first kappa shape index (κ1) is 7.92. The average molecular weight is 150 g/mol. The van der Waals surface area contributed by atoms with Gasteiger partial charge in [-0.25, -0.2) is 6.07 Å². The minimum atomic E-state index is 0.0385. The molecule has 0 atom stereocenters. The first-order valence-electron chi connectivity index (χ1n) is 3.74. The van der Waals surface area contributed by atoms with Gasteiger partial charge in [0.2, 0.25) is 5.91 Å². The van der Waals surface area contributed by atoms with Crippen LogP contribution in [0.4, 0.5) is 0 Å². The molecule has 2 heteroatoms. The molecule has 0 aromatic heterocycles. The molecule has 0 bridgehead atoms. The monoisotopic (exact) mass is 150 g/mol. The van der Waals surface area contributed by atoms with Gasteiger partial charge in [0.25, 0.3) is 0 Å². The first-order chi connectivity index (χ1) is 5.29. The number of carbonyl (C=O) groups is 1. The molecule has 0 spiro atoms. The summed E-state index contributed by atoms with van der Waals surface area (Å²) >= 11 is 0. The highest BCUT2D eigenvalue weighted by Gasteiger charge is 1.87. The average Bonchev–Trinajstić information content (AvgIpc) is 2.39. The van der Waals surface area contributed by atoms with Gasteiger partial charge >= 0.3 is 0 Å². The van der Waals surface area contributed by atoms with Crippen molar-refractivity contribution in [3.05, 3.63) is 29.8 Å². The molecule has 0 aliphatic rings. The fraction of sp³-hybridized carbons (Fsp3) is 0.333. The zero-order valence-electron chi connectivity index (χ0n) is 6.63. The van der Waals surface area contributed by atoms with Crippen LogP contribution in [0, 0.1) is 0 Å². The van der Waals surface area contributed by atoms with Crippen molar-refractivity contribution in [1.29, 1.82) is 0 Å². The summed E-state index contributed by atoms with van der Waals surface area (Å²) in [5.41, 5.74) is 1.28. The van der Waals surface area contributed by atoms with E-state index in [4.69, 9.17) is 0 Å². The minimum Gasteiger partial charge on any atom is -0.357 e. The van der Waals surface area contributed by atoms with E-state index in [1.54, 1.807) is 0 Å². The Morgan fingerprint density at radius 2 is 2.55 bits per heavy atom. The van der Waals surface area contributed by atoms with Crippen LogP contribution in [0.2, 0.25) is 0 Å². The van der Waals surface area contributed by atoms with Crippen molar-refractivity contribution in [2.24, 2.45) is 0 Å². The van der Waals surface area contributed by atoms with Gasteiger partial charge in [-0.3, -0.25) is 4.79 Å². The summed E-state index contributed by atoms with van der Waals surface area (Å²) in [4.78, 5) is 10.5. The molecule has 0 aliphatic carbocycles. The van der Waals surface area contributed by atoms with Crippen molar-refractivity contribution in [2.45, 2.75) is 13.3 Å². The number of hydrogen-bond acceptors (Lipinski definition) is 1. The van der Waals surface area contributed by atoms with Gasteiger partial charge in [0.1, 0.15) is 0 Å². The smallest absolute Gasteiger partial charge is 0.216 e. The van der Waals surface area contributed by atoms with Gasteiger partial charge in [-0.1, -0.05) is 6.42 Å². The summed E-state index contributed by atoms with van der Waals surface area (Å²) < 4.78 is 0. The zero-order chi connectivity index (χ0) is 8.10. The molecule has 0 saturated carbocycles. The molecule has 2 nitrogen and oxygen atoms in total. The quantitative estimate of drug-likeness (QED) is 0.642. The van der Waals surface area contributed by atoms with E-state index in [0.717, 1.165) is 13.0 Å². The van der Waals surface area contributed by atoms with Crippen LogP contribution in [0.3, 0.4) is 0 Å². The molecular formula is C9H12NO-. The van der Waals surface area contributed by atoms with Crippen LogP contribution in [0.15, 0.2) is 24.3 Å². The summed E-state index contributed by atoms with van der Waals surface area (Å²) in [6, 6.07) is 8.12. The van der Waals surface area contributed by atoms with Crippen LogP contribution < -0.4 is 5.32 Å². The lowest BCUT2D eigenvalue weighted by molar-refractivity contribution is -0.118. The van der Waals surface area contributed by atoms with Crippen LogP contribution in [-0.2, 0) is 11.2 Å². The van der Waals surface area contributed by atoms with Crippen LogP contribution in [0.25, 0.3) is 0 Å². The Morgan fingerprint density at radius 3 is 3.09 bits per heavy atom. The lowest BCUT2D eigenvalue weighted by atomic mass is 10.2. The highest BCUT2D eigenvalue weighted by molar-refractivity contribution is 5.72. The van der Waals surface area contributed by atoms with E-state index < -0.39 is 0 Å². The fourth-order valence-electron chi connectivity index (χ4n) is 0.963.